The summed E-state index contributed by atoms with van der Waals surface area (Å²) in [7, 11) is -5.69. The van der Waals surface area contributed by atoms with Crippen molar-refractivity contribution in [3.05, 3.63) is 24.3 Å². The van der Waals surface area contributed by atoms with Crippen LogP contribution in [0.2, 0.25) is 36.3 Å². The Balaban J connectivity index is 5.27. The van der Waals surface area contributed by atoms with Crippen LogP contribution in [0.5, 0.6) is 0 Å². The van der Waals surface area contributed by atoms with E-state index in [4.69, 9.17) is 20.4 Å². The van der Waals surface area contributed by atoms with Crippen LogP contribution in [0.1, 0.15) is 132 Å². The van der Waals surface area contributed by atoms with Crippen LogP contribution in [0.3, 0.4) is 0 Å². The second-order valence-corrected chi connectivity index (χ2v) is 23.2. The Hall–Kier alpha value is -0.696. The minimum absolute atomic E-state index is 0.0303. The van der Waals surface area contributed by atoms with Crippen molar-refractivity contribution in [2.75, 3.05) is 13.1 Å². The van der Waals surface area contributed by atoms with Crippen LogP contribution in [-0.2, 0) is 18.4 Å². The number of carbonyl (C=O) groups excluding carboxylic acids is 1. The predicted octanol–water partition coefficient (Wildman–Crippen LogP) is 10.8. The minimum Gasteiger partial charge on any atom is -0.458 e. The highest BCUT2D eigenvalue weighted by Crippen LogP contribution is 2.38. The SMILES string of the molecule is [2H]C([2H])(O[Si](C)(C)C(C)(C)C)C([2H])(OC(=O)CCCCCCC/C=C\C/C=C\CCCCC)C([2H])([2H])O[Si](C)(C)C(C)(C)C. The third-order valence-electron chi connectivity index (χ3n) is 7.96. The molecule has 4 nitrogen and oxygen atoms in total. The van der Waals surface area contributed by atoms with Gasteiger partial charge in [0.15, 0.2) is 16.6 Å². The van der Waals surface area contributed by atoms with E-state index in [1.165, 1.54) is 19.3 Å². The first kappa shape index (κ1) is 29.8. The molecule has 0 heterocycles. The summed E-state index contributed by atoms with van der Waals surface area (Å²) < 4.78 is 61.8. The lowest BCUT2D eigenvalue weighted by atomic mass is 10.1. The van der Waals surface area contributed by atoms with Gasteiger partial charge in [0, 0.05) is 6.42 Å². The molecule has 0 amide bonds. The van der Waals surface area contributed by atoms with Gasteiger partial charge in [-0.25, -0.2) is 0 Å². The maximum absolute atomic E-state index is 13.0. The van der Waals surface area contributed by atoms with E-state index >= 15 is 0 Å². The molecule has 230 valence electrons. The van der Waals surface area contributed by atoms with E-state index in [0.29, 0.717) is 6.42 Å². The molecule has 6 heteroatoms. The molecule has 0 bridgehead atoms. The number of allylic oxidation sites excluding steroid dienone is 4. The molecule has 0 N–H and O–H groups in total. The van der Waals surface area contributed by atoms with Gasteiger partial charge in [0.1, 0.15) is 6.08 Å². The van der Waals surface area contributed by atoms with Crippen molar-refractivity contribution in [1.29, 1.82) is 0 Å². The minimum atomic E-state index is -3.07. The highest BCUT2D eigenvalue weighted by atomic mass is 28.4. The monoisotopic (exact) mass is 587 g/mol. The highest BCUT2D eigenvalue weighted by Gasteiger charge is 2.40. The van der Waals surface area contributed by atoms with E-state index in [0.717, 1.165) is 44.9 Å². The second kappa shape index (κ2) is 19.4. The molecule has 0 aliphatic heterocycles. The van der Waals surface area contributed by atoms with Crippen LogP contribution >= 0.6 is 0 Å². The topological polar surface area (TPSA) is 44.8 Å². The van der Waals surface area contributed by atoms with E-state index in [9.17, 15) is 4.79 Å². The number of ether oxygens (including phenoxy) is 1. The van der Waals surface area contributed by atoms with E-state index in [2.05, 4.69) is 31.2 Å². The maximum Gasteiger partial charge on any atom is 0.306 e. The zero-order chi connectivity index (χ0) is 34.5. The maximum atomic E-state index is 13.0. The molecule has 0 aromatic carbocycles. The van der Waals surface area contributed by atoms with Crippen molar-refractivity contribution in [3.8, 4) is 0 Å². The normalized spacial score (nSPS) is 16.6. The summed E-state index contributed by atoms with van der Waals surface area (Å²) in [5.74, 6) is -0.823. The van der Waals surface area contributed by atoms with E-state index in [1.54, 1.807) is 0 Å². The Labute approximate surface area is 253 Å². The van der Waals surface area contributed by atoms with Crippen molar-refractivity contribution >= 4 is 22.6 Å². The molecule has 0 saturated heterocycles. The van der Waals surface area contributed by atoms with Gasteiger partial charge in [-0.3, -0.25) is 4.79 Å². The lowest BCUT2D eigenvalue weighted by molar-refractivity contribution is -0.152. The molecule has 0 rings (SSSR count). The highest BCUT2D eigenvalue weighted by molar-refractivity contribution is 6.74. The van der Waals surface area contributed by atoms with Crippen molar-refractivity contribution in [3.63, 3.8) is 0 Å². The first-order chi connectivity index (χ1) is 19.9. The molecule has 0 fully saturated rings. The summed E-state index contributed by atoms with van der Waals surface area (Å²) in [5.41, 5.74) is 0. The van der Waals surface area contributed by atoms with E-state index < -0.39 is 51.9 Å². The molecular weight excluding hydrogens is 517 g/mol. The summed E-state index contributed by atoms with van der Waals surface area (Å²) in [4.78, 5) is 13.0. The second-order valence-electron chi connectivity index (χ2n) is 13.7. The van der Waals surface area contributed by atoms with Gasteiger partial charge in [-0.2, -0.15) is 0 Å². The van der Waals surface area contributed by atoms with Crippen molar-refractivity contribution in [1.82, 2.24) is 0 Å². The van der Waals surface area contributed by atoms with Crippen LogP contribution in [0.4, 0.5) is 0 Å². The number of carbonyl (C=O) groups is 1. The van der Waals surface area contributed by atoms with Gasteiger partial charge in [0.2, 0.25) is 0 Å². The lowest BCUT2D eigenvalue weighted by Gasteiger charge is -2.39. The largest absolute Gasteiger partial charge is 0.458 e. The molecule has 0 atom stereocenters. The zero-order valence-corrected chi connectivity index (χ0v) is 29.4. The fourth-order valence-electron chi connectivity index (χ4n) is 2.96. The molecule has 39 heavy (non-hydrogen) atoms. The summed E-state index contributed by atoms with van der Waals surface area (Å²) in [5, 5.41) is -0.835. The van der Waals surface area contributed by atoms with E-state index in [-0.39, 0.29) is 6.42 Å². The Bertz CT molecular complexity index is 867. The first-order valence-corrected chi connectivity index (χ1v) is 21.1. The fourth-order valence-corrected chi connectivity index (χ4v) is 4.27. The third kappa shape index (κ3) is 18.4. The van der Waals surface area contributed by atoms with Crippen LogP contribution in [-0.4, -0.2) is 41.8 Å². The summed E-state index contributed by atoms with van der Waals surface area (Å²) in [6.45, 7) is 15.1. The molecule has 0 spiro atoms. The molecule has 0 aliphatic carbocycles. The van der Waals surface area contributed by atoms with Crippen molar-refractivity contribution < 1.29 is 25.2 Å². The summed E-state index contributed by atoms with van der Waals surface area (Å²) >= 11 is 0. The van der Waals surface area contributed by atoms with Crippen LogP contribution in [0, 0.1) is 0 Å². The van der Waals surface area contributed by atoms with Gasteiger partial charge in [-0.1, -0.05) is 105 Å². The Morgan fingerprint density at radius 1 is 0.744 bits per heavy atom. The number of esters is 1. The number of unbranched alkanes of at least 4 members (excludes halogenated alkanes) is 8. The summed E-state index contributed by atoms with van der Waals surface area (Å²) in [6, 6.07) is 0. The quantitative estimate of drug-likeness (QED) is 0.0580. The number of rotatable bonds is 21. The molecular formula is C33H66O4Si2. The van der Waals surface area contributed by atoms with E-state index in [1.807, 2.05) is 67.7 Å². The zero-order valence-electron chi connectivity index (χ0n) is 32.4. The number of hydrogen-bond donors (Lipinski definition) is 0. The van der Waals surface area contributed by atoms with Gasteiger partial charge in [-0.05, 0) is 74.8 Å². The van der Waals surface area contributed by atoms with Crippen LogP contribution < -0.4 is 0 Å². The summed E-state index contributed by atoms with van der Waals surface area (Å²) in [6.07, 6.45) is 17.2. The molecule has 0 radical (unpaired) electrons. The van der Waals surface area contributed by atoms with Crippen molar-refractivity contribution in [2.45, 2.75) is 168 Å². The standard InChI is InChI=1S/C33H66O4Si2/c1-12-13-14-15-16-17-18-19-20-21-22-23-24-25-26-27-31(34)37-30(28-35-38(8,9)32(2,3)4)29-36-39(10,11)33(5,6)7/h16-17,19-20,30H,12-15,18,21-29H2,1-11H3/b17-16-,20-19-/i28D2,29D2,30D. The van der Waals surface area contributed by atoms with Crippen molar-refractivity contribution in [2.24, 2.45) is 0 Å². The van der Waals surface area contributed by atoms with Gasteiger partial charge >= 0.3 is 5.97 Å². The predicted molar refractivity (Wildman–Crippen MR) is 176 cm³/mol. The number of hydrogen-bond acceptors (Lipinski definition) is 4. The average molecular weight is 588 g/mol. The van der Waals surface area contributed by atoms with Gasteiger partial charge in [0.25, 0.3) is 0 Å². The Morgan fingerprint density at radius 3 is 1.64 bits per heavy atom. The molecule has 0 aliphatic rings. The molecule has 0 aromatic rings. The van der Waals surface area contributed by atoms with Crippen LogP contribution in [0.15, 0.2) is 24.3 Å². The van der Waals surface area contributed by atoms with Gasteiger partial charge < -0.3 is 13.6 Å². The first-order valence-electron chi connectivity index (χ1n) is 17.8. The molecule has 0 unspecified atom stereocenters. The lowest BCUT2D eigenvalue weighted by Crippen LogP contribution is -2.46. The van der Waals surface area contributed by atoms with Gasteiger partial charge in [0.05, 0.1) is 20.0 Å². The van der Waals surface area contributed by atoms with Crippen LogP contribution in [0.25, 0.3) is 0 Å². The molecule has 0 aromatic heterocycles. The van der Waals surface area contributed by atoms with Gasteiger partial charge in [-0.15, -0.1) is 0 Å². The third-order valence-corrected chi connectivity index (χ3v) is 16.4. The fraction of sp³-hybridized carbons (Fsp3) is 0.848. The molecule has 0 saturated carbocycles. The Kier molecular flexibility index (Phi) is 14.8. The smallest absolute Gasteiger partial charge is 0.306 e. The average Bonchev–Trinajstić information content (AvgIpc) is 2.83. The Morgan fingerprint density at radius 2 is 1.18 bits per heavy atom.